The van der Waals surface area contributed by atoms with Crippen LogP contribution in [0.15, 0.2) is 109 Å². The van der Waals surface area contributed by atoms with Gasteiger partial charge in [0.2, 0.25) is 0 Å². The Bertz CT molecular complexity index is 1170. The zero-order chi connectivity index (χ0) is 29.5. The Morgan fingerprint density at radius 3 is 1.00 bits per heavy atom. The van der Waals surface area contributed by atoms with Gasteiger partial charge < -0.3 is 0 Å². The molecule has 4 aromatic rings. The molecule has 2 heteroatoms. The van der Waals surface area contributed by atoms with E-state index in [-0.39, 0.29) is 21.1 Å². The normalized spacial score (nSPS) is 9.67. The molecule has 0 aliphatic carbocycles. The molecule has 0 saturated carbocycles. The van der Waals surface area contributed by atoms with Crippen LogP contribution in [0.25, 0.3) is 22.3 Å². The van der Waals surface area contributed by atoms with Crippen molar-refractivity contribution in [1.82, 2.24) is 0 Å². The number of benzene rings is 4. The third-order valence-electron chi connectivity index (χ3n) is 6.80. The minimum Gasteiger partial charge on any atom is -0.115 e. The van der Waals surface area contributed by atoms with Gasteiger partial charge in [0.1, 0.15) is 0 Å². The molecule has 0 aromatic heterocycles. The molecule has 0 aliphatic rings. The smallest absolute Gasteiger partial charge is 0.0243 e. The van der Waals surface area contributed by atoms with Gasteiger partial charge in [-0.15, -0.1) is 20.8 Å². The van der Waals surface area contributed by atoms with Crippen molar-refractivity contribution in [3.8, 4) is 46.9 Å². The van der Waals surface area contributed by atoms with Gasteiger partial charge in [-0.1, -0.05) is 137 Å². The zero-order valence-corrected chi connectivity index (χ0v) is 28.8. The molecule has 0 heterocycles. The topological polar surface area (TPSA) is 0 Å². The predicted molar refractivity (Wildman–Crippen MR) is 186 cm³/mol. The first-order valence-corrected chi connectivity index (χ1v) is 17.0. The number of unbranched alkanes of at least 4 members (excludes halogenated alkanes) is 3. The second kappa shape index (κ2) is 23.7. The van der Waals surface area contributed by atoms with E-state index in [0.717, 1.165) is 11.1 Å². The molecule has 4 aromatic carbocycles. The summed E-state index contributed by atoms with van der Waals surface area (Å²) in [6, 6.07) is 36.5. The minimum absolute atomic E-state index is 0. The Morgan fingerprint density at radius 1 is 0.452 bits per heavy atom. The molecule has 4 rings (SSSR count). The molecular formula is C40H47PPt. The quantitative estimate of drug-likeness (QED) is 0.106. The molecule has 0 N–H and O–H groups in total. The van der Waals surface area contributed by atoms with Gasteiger partial charge in [0.05, 0.1) is 0 Å². The van der Waals surface area contributed by atoms with Crippen LogP contribution in [0.3, 0.4) is 0 Å². The maximum atomic E-state index is 5.29. The predicted octanol–water partition coefficient (Wildman–Crippen LogP) is 11.5. The number of hydrogen-bond donors (Lipinski definition) is 0. The van der Waals surface area contributed by atoms with Gasteiger partial charge in [0, 0.05) is 32.2 Å². The summed E-state index contributed by atoms with van der Waals surface area (Å²) in [5.41, 5.74) is 6.68. The maximum Gasteiger partial charge on any atom is 0.0243 e. The van der Waals surface area contributed by atoms with Crippen LogP contribution in [0, 0.1) is 24.7 Å². The molecule has 0 radical (unpaired) electrons. The monoisotopic (exact) mass is 753 g/mol. The van der Waals surface area contributed by atoms with Crippen LogP contribution in [0.1, 0.15) is 70.4 Å². The van der Waals surface area contributed by atoms with Gasteiger partial charge in [-0.3, -0.25) is 0 Å². The Hall–Kier alpha value is -2.88. The maximum absolute atomic E-state index is 5.29. The van der Waals surface area contributed by atoms with E-state index in [0.29, 0.717) is 7.92 Å². The van der Waals surface area contributed by atoms with Crippen molar-refractivity contribution >= 4 is 7.92 Å². The Morgan fingerprint density at radius 2 is 0.738 bits per heavy atom. The largest absolute Gasteiger partial charge is 0.115 e. The number of terminal acetylenes is 2. The average Bonchev–Trinajstić information content (AvgIpc) is 3.06. The first-order chi connectivity index (χ1) is 20.1. The average molecular weight is 754 g/mol. The summed E-state index contributed by atoms with van der Waals surface area (Å²) in [4.78, 5) is 0. The third kappa shape index (κ3) is 14.8. The minimum atomic E-state index is 0. The molecule has 0 spiro atoms. The summed E-state index contributed by atoms with van der Waals surface area (Å²) in [6.07, 6.45) is 23.8. The molecule has 0 nitrogen and oxygen atoms in total. The van der Waals surface area contributed by atoms with Crippen LogP contribution >= 0.6 is 7.92 Å². The third-order valence-corrected chi connectivity index (χ3v) is 9.65. The van der Waals surface area contributed by atoms with Crippen LogP contribution in [-0.2, 0) is 21.1 Å². The van der Waals surface area contributed by atoms with E-state index in [2.05, 4.69) is 56.9 Å². The van der Waals surface area contributed by atoms with Gasteiger partial charge in [0.15, 0.2) is 0 Å². The molecule has 0 atom stereocenters. The van der Waals surface area contributed by atoms with E-state index in [1.54, 1.807) is 18.5 Å². The van der Waals surface area contributed by atoms with Gasteiger partial charge in [0.25, 0.3) is 0 Å². The SMILES string of the molecule is C#Cc1ccc(-c2ccccc2)cc1.C#Cc1ccc(-c2ccccc2)cc1.CCCCP(CCCC)CCCC.[Pt]. The molecule has 0 saturated heterocycles. The summed E-state index contributed by atoms with van der Waals surface area (Å²) in [5, 5.41) is 0. The fourth-order valence-electron chi connectivity index (χ4n) is 4.26. The van der Waals surface area contributed by atoms with Crippen molar-refractivity contribution in [2.45, 2.75) is 59.3 Å². The van der Waals surface area contributed by atoms with Crippen LogP contribution < -0.4 is 0 Å². The summed E-state index contributed by atoms with van der Waals surface area (Å²) < 4.78 is 0. The van der Waals surface area contributed by atoms with Crippen LogP contribution in [0.2, 0.25) is 0 Å². The van der Waals surface area contributed by atoms with Crippen molar-refractivity contribution in [2.75, 3.05) is 18.5 Å². The van der Waals surface area contributed by atoms with Gasteiger partial charge in [-0.2, -0.15) is 0 Å². The van der Waals surface area contributed by atoms with E-state index in [1.807, 2.05) is 84.9 Å². The van der Waals surface area contributed by atoms with E-state index >= 15 is 0 Å². The van der Waals surface area contributed by atoms with Crippen LogP contribution in [-0.4, -0.2) is 18.5 Å². The molecule has 0 unspecified atom stereocenters. The van der Waals surface area contributed by atoms with Crippen LogP contribution in [0.5, 0.6) is 0 Å². The zero-order valence-electron chi connectivity index (χ0n) is 25.7. The van der Waals surface area contributed by atoms with Crippen molar-refractivity contribution in [3.63, 3.8) is 0 Å². The summed E-state index contributed by atoms with van der Waals surface area (Å²) in [6.45, 7) is 6.94. The van der Waals surface area contributed by atoms with Crippen LogP contribution in [0.4, 0.5) is 0 Å². The second-order valence-electron chi connectivity index (χ2n) is 10.1. The fraction of sp³-hybridized carbons (Fsp3) is 0.300. The van der Waals surface area contributed by atoms with Gasteiger partial charge in [-0.05, 0) is 84.3 Å². The Kier molecular flexibility index (Phi) is 20.9. The van der Waals surface area contributed by atoms with Gasteiger partial charge >= 0.3 is 0 Å². The molecule has 0 fully saturated rings. The Labute approximate surface area is 272 Å². The first kappa shape index (κ1) is 37.1. The molecule has 0 aliphatic heterocycles. The van der Waals surface area contributed by atoms with E-state index in [9.17, 15) is 0 Å². The molecule has 0 bridgehead atoms. The molecule has 222 valence electrons. The summed E-state index contributed by atoms with van der Waals surface area (Å²) >= 11 is 0. The van der Waals surface area contributed by atoms with E-state index in [1.165, 1.54) is 60.8 Å². The fourth-order valence-corrected chi connectivity index (χ4v) is 7.22. The van der Waals surface area contributed by atoms with E-state index < -0.39 is 0 Å². The van der Waals surface area contributed by atoms with Crippen molar-refractivity contribution in [2.24, 2.45) is 0 Å². The van der Waals surface area contributed by atoms with Crippen molar-refractivity contribution in [1.29, 1.82) is 0 Å². The van der Waals surface area contributed by atoms with Gasteiger partial charge in [-0.25, -0.2) is 0 Å². The Balaban J connectivity index is 0.000000312. The molecular weight excluding hydrogens is 706 g/mol. The van der Waals surface area contributed by atoms with Crippen molar-refractivity contribution < 1.29 is 21.1 Å². The van der Waals surface area contributed by atoms with Crippen molar-refractivity contribution in [3.05, 3.63) is 120 Å². The molecule has 42 heavy (non-hydrogen) atoms. The summed E-state index contributed by atoms with van der Waals surface area (Å²) in [7, 11) is 0.422. The standard InChI is InChI=1S/2C14H10.C12H27P.Pt/c2*1-2-12-8-10-14(11-9-12)13-6-4-3-5-7-13;1-4-7-10-13(11-8-5-2)12-9-6-3;/h2*1,3-11H;4-12H2,1-3H3;. The van der Waals surface area contributed by atoms with E-state index in [4.69, 9.17) is 12.8 Å². The molecule has 0 amide bonds. The second-order valence-corrected chi connectivity index (χ2v) is 12.8. The number of hydrogen-bond acceptors (Lipinski definition) is 0. The summed E-state index contributed by atoms with van der Waals surface area (Å²) in [5.74, 6) is 5.21. The first-order valence-electron chi connectivity index (χ1n) is 15.1. The number of rotatable bonds is 11.